The fraction of sp³-hybridized carbons (Fsp3) is 0.429. The van der Waals surface area contributed by atoms with Crippen LogP contribution in [0.4, 0.5) is 0 Å². The molecule has 3 rings (SSSR count). The number of halogens is 1. The zero-order chi connectivity index (χ0) is 14.1. The summed E-state index contributed by atoms with van der Waals surface area (Å²) >= 11 is 5.92. The maximum absolute atomic E-state index is 9.72. The SMILES string of the molecule is C[C@@H](O)c1cc(Cl)ccc1OCc1noc(C2CC2)n1. The van der Waals surface area contributed by atoms with Gasteiger partial charge in [-0.15, -0.1) is 0 Å². The predicted molar refractivity (Wildman–Crippen MR) is 72.7 cm³/mol. The highest BCUT2D eigenvalue weighted by Crippen LogP contribution is 2.38. The van der Waals surface area contributed by atoms with Crippen molar-refractivity contribution in [2.75, 3.05) is 0 Å². The second kappa shape index (κ2) is 5.42. The average Bonchev–Trinajstić information content (AvgIpc) is 3.17. The number of hydrogen-bond acceptors (Lipinski definition) is 5. The first-order valence-corrected chi connectivity index (χ1v) is 6.94. The zero-order valence-corrected chi connectivity index (χ0v) is 11.8. The summed E-state index contributed by atoms with van der Waals surface area (Å²) in [7, 11) is 0. The summed E-state index contributed by atoms with van der Waals surface area (Å²) in [6.45, 7) is 1.87. The fourth-order valence-electron chi connectivity index (χ4n) is 1.94. The van der Waals surface area contributed by atoms with Crippen molar-refractivity contribution >= 4 is 11.6 Å². The highest BCUT2D eigenvalue weighted by atomic mass is 35.5. The average molecular weight is 295 g/mol. The summed E-state index contributed by atoms with van der Waals surface area (Å²) in [5.41, 5.74) is 0.642. The maximum atomic E-state index is 9.72. The van der Waals surface area contributed by atoms with Crippen LogP contribution in [0.2, 0.25) is 5.02 Å². The summed E-state index contributed by atoms with van der Waals surface area (Å²) in [6.07, 6.45) is 1.58. The van der Waals surface area contributed by atoms with E-state index in [-0.39, 0.29) is 6.61 Å². The molecule has 20 heavy (non-hydrogen) atoms. The van der Waals surface area contributed by atoms with E-state index in [9.17, 15) is 5.11 Å². The van der Waals surface area contributed by atoms with Crippen molar-refractivity contribution in [1.82, 2.24) is 10.1 Å². The lowest BCUT2D eigenvalue weighted by Gasteiger charge is -2.12. The molecule has 1 aliphatic rings. The Labute approximate surface area is 121 Å². The van der Waals surface area contributed by atoms with Gasteiger partial charge in [0, 0.05) is 16.5 Å². The smallest absolute Gasteiger partial charge is 0.229 e. The summed E-state index contributed by atoms with van der Waals surface area (Å²) in [6, 6.07) is 5.13. The standard InChI is InChI=1S/C14H15ClN2O3/c1-8(18)11-6-10(15)4-5-12(11)19-7-13-16-14(20-17-13)9-2-3-9/h4-6,8-9,18H,2-3,7H2,1H3/t8-/m1/s1. The molecular weight excluding hydrogens is 280 g/mol. The van der Waals surface area contributed by atoms with Gasteiger partial charge in [0.2, 0.25) is 11.7 Å². The number of nitrogens with zero attached hydrogens (tertiary/aromatic N) is 2. The second-order valence-corrected chi connectivity index (χ2v) is 5.41. The van der Waals surface area contributed by atoms with Gasteiger partial charge in [-0.3, -0.25) is 0 Å². The third-order valence-electron chi connectivity index (χ3n) is 3.19. The Balaban J connectivity index is 1.70. The van der Waals surface area contributed by atoms with Crippen LogP contribution in [0.25, 0.3) is 0 Å². The Morgan fingerprint density at radius 2 is 2.30 bits per heavy atom. The zero-order valence-electron chi connectivity index (χ0n) is 11.0. The van der Waals surface area contributed by atoms with Crippen LogP contribution < -0.4 is 4.74 Å². The van der Waals surface area contributed by atoms with Crippen molar-refractivity contribution in [3.8, 4) is 5.75 Å². The molecule has 1 N–H and O–H groups in total. The molecule has 1 aromatic heterocycles. The molecule has 0 aliphatic heterocycles. The minimum absolute atomic E-state index is 0.206. The van der Waals surface area contributed by atoms with Crippen LogP contribution >= 0.6 is 11.6 Å². The summed E-state index contributed by atoms with van der Waals surface area (Å²) < 4.78 is 10.8. The molecule has 2 aromatic rings. The molecule has 5 nitrogen and oxygen atoms in total. The first-order valence-electron chi connectivity index (χ1n) is 6.56. The van der Waals surface area contributed by atoms with Crippen LogP contribution in [0.3, 0.4) is 0 Å². The number of benzene rings is 1. The minimum Gasteiger partial charge on any atom is -0.485 e. The molecule has 0 saturated heterocycles. The Hall–Kier alpha value is -1.59. The molecule has 0 spiro atoms. The molecule has 1 aliphatic carbocycles. The van der Waals surface area contributed by atoms with Gasteiger partial charge < -0.3 is 14.4 Å². The molecule has 0 unspecified atom stereocenters. The van der Waals surface area contributed by atoms with Crippen LogP contribution in [0.1, 0.15) is 49.1 Å². The van der Waals surface area contributed by atoms with Crippen LogP contribution in [0.15, 0.2) is 22.7 Å². The van der Waals surface area contributed by atoms with E-state index in [1.54, 1.807) is 25.1 Å². The van der Waals surface area contributed by atoms with E-state index in [1.165, 1.54) is 0 Å². The summed E-state index contributed by atoms with van der Waals surface area (Å²) in [4.78, 5) is 4.29. The van der Waals surface area contributed by atoms with E-state index in [2.05, 4.69) is 10.1 Å². The minimum atomic E-state index is -0.656. The van der Waals surface area contributed by atoms with Crippen LogP contribution in [-0.4, -0.2) is 15.2 Å². The number of hydrogen-bond donors (Lipinski definition) is 1. The molecule has 0 radical (unpaired) electrons. The van der Waals surface area contributed by atoms with E-state index in [0.717, 1.165) is 12.8 Å². The first kappa shape index (κ1) is 13.4. The van der Waals surface area contributed by atoms with Gasteiger partial charge >= 0.3 is 0 Å². The fourth-order valence-corrected chi connectivity index (χ4v) is 2.12. The summed E-state index contributed by atoms with van der Waals surface area (Å²) in [5.74, 6) is 2.20. The Morgan fingerprint density at radius 1 is 1.50 bits per heavy atom. The predicted octanol–water partition coefficient (Wildman–Crippen LogP) is 3.23. The molecule has 1 aromatic carbocycles. The third kappa shape index (κ3) is 2.94. The van der Waals surface area contributed by atoms with E-state index < -0.39 is 6.10 Å². The first-order chi connectivity index (χ1) is 9.63. The van der Waals surface area contributed by atoms with Gasteiger partial charge in [0.15, 0.2) is 6.61 Å². The Bertz CT molecular complexity index is 608. The van der Waals surface area contributed by atoms with E-state index in [1.807, 2.05) is 0 Å². The normalized spacial score (nSPS) is 16.1. The van der Waals surface area contributed by atoms with Crippen molar-refractivity contribution in [3.63, 3.8) is 0 Å². The number of rotatable bonds is 5. The lowest BCUT2D eigenvalue weighted by Crippen LogP contribution is -2.02. The Morgan fingerprint density at radius 3 is 3.00 bits per heavy atom. The quantitative estimate of drug-likeness (QED) is 0.917. The molecule has 106 valence electrons. The highest BCUT2D eigenvalue weighted by Gasteiger charge is 2.29. The molecule has 1 fully saturated rings. The lowest BCUT2D eigenvalue weighted by molar-refractivity contribution is 0.189. The van der Waals surface area contributed by atoms with Gasteiger partial charge in [-0.05, 0) is 38.0 Å². The van der Waals surface area contributed by atoms with E-state index >= 15 is 0 Å². The molecular formula is C14H15ClN2O3. The Kier molecular flexibility index (Phi) is 3.63. The second-order valence-electron chi connectivity index (χ2n) is 4.97. The number of aliphatic hydroxyl groups excluding tert-OH is 1. The van der Waals surface area contributed by atoms with E-state index in [0.29, 0.717) is 34.0 Å². The van der Waals surface area contributed by atoms with Gasteiger partial charge in [-0.1, -0.05) is 16.8 Å². The lowest BCUT2D eigenvalue weighted by atomic mass is 10.1. The molecule has 1 saturated carbocycles. The molecule has 1 heterocycles. The number of aliphatic hydroxyl groups is 1. The van der Waals surface area contributed by atoms with Crippen LogP contribution in [-0.2, 0) is 6.61 Å². The van der Waals surface area contributed by atoms with Crippen molar-refractivity contribution in [1.29, 1.82) is 0 Å². The van der Waals surface area contributed by atoms with Gasteiger partial charge in [0.05, 0.1) is 6.10 Å². The topological polar surface area (TPSA) is 68.4 Å². The number of ether oxygens (including phenoxy) is 1. The van der Waals surface area contributed by atoms with Gasteiger partial charge in [-0.25, -0.2) is 0 Å². The van der Waals surface area contributed by atoms with Crippen molar-refractivity contribution in [2.45, 2.75) is 38.4 Å². The van der Waals surface area contributed by atoms with E-state index in [4.69, 9.17) is 20.9 Å². The number of aromatic nitrogens is 2. The van der Waals surface area contributed by atoms with Crippen molar-refractivity contribution < 1.29 is 14.4 Å². The summed E-state index contributed by atoms with van der Waals surface area (Å²) in [5, 5.41) is 14.2. The largest absolute Gasteiger partial charge is 0.485 e. The monoisotopic (exact) mass is 294 g/mol. The van der Waals surface area contributed by atoms with Gasteiger partial charge in [0.25, 0.3) is 0 Å². The highest BCUT2D eigenvalue weighted by molar-refractivity contribution is 6.30. The van der Waals surface area contributed by atoms with Crippen LogP contribution in [0.5, 0.6) is 5.75 Å². The van der Waals surface area contributed by atoms with Crippen LogP contribution in [0, 0.1) is 0 Å². The maximum Gasteiger partial charge on any atom is 0.229 e. The third-order valence-corrected chi connectivity index (χ3v) is 3.42. The van der Waals surface area contributed by atoms with Gasteiger partial charge in [-0.2, -0.15) is 4.98 Å². The molecule has 0 amide bonds. The molecule has 0 bridgehead atoms. The molecule has 6 heteroatoms. The van der Waals surface area contributed by atoms with Crippen molar-refractivity contribution in [3.05, 3.63) is 40.5 Å². The van der Waals surface area contributed by atoms with Crippen molar-refractivity contribution in [2.24, 2.45) is 0 Å². The van der Waals surface area contributed by atoms with Gasteiger partial charge in [0.1, 0.15) is 5.75 Å². The molecule has 1 atom stereocenters.